The molecule has 6 nitrogen and oxygen atoms in total. The van der Waals surface area contributed by atoms with Crippen molar-refractivity contribution in [2.24, 2.45) is 0 Å². The molecule has 0 saturated carbocycles. The van der Waals surface area contributed by atoms with Crippen molar-refractivity contribution >= 4 is 11.8 Å². The number of nitrogens with zero attached hydrogens (tertiary/aromatic N) is 3. The third-order valence-electron chi connectivity index (χ3n) is 1.90. The minimum atomic E-state index is -0.347. The minimum absolute atomic E-state index is 0.0649. The van der Waals surface area contributed by atoms with Crippen LogP contribution in [-0.4, -0.2) is 22.4 Å². The van der Waals surface area contributed by atoms with Crippen molar-refractivity contribution in [2.75, 3.05) is 12.3 Å². The van der Waals surface area contributed by atoms with E-state index in [2.05, 4.69) is 5.10 Å². The summed E-state index contributed by atoms with van der Waals surface area (Å²) < 4.78 is 6.38. The van der Waals surface area contributed by atoms with Crippen molar-refractivity contribution < 1.29 is 9.53 Å². The lowest BCUT2D eigenvalue weighted by Gasteiger charge is -2.03. The van der Waals surface area contributed by atoms with Crippen LogP contribution in [0.15, 0.2) is 12.3 Å². The number of carbonyl (C=O) groups is 1. The SMILES string of the molecule is N#CCCCCOC(=O)Cn1ccc(N)n1. The lowest BCUT2D eigenvalue weighted by molar-refractivity contribution is -0.144. The van der Waals surface area contributed by atoms with Crippen LogP contribution < -0.4 is 5.73 Å². The number of carbonyl (C=O) groups excluding carboxylic acids is 1. The Balaban J connectivity index is 2.14. The first-order valence-electron chi connectivity index (χ1n) is 5.04. The number of rotatable bonds is 6. The smallest absolute Gasteiger partial charge is 0.327 e. The van der Waals surface area contributed by atoms with Crippen LogP contribution >= 0.6 is 0 Å². The maximum Gasteiger partial charge on any atom is 0.327 e. The second kappa shape index (κ2) is 6.45. The predicted molar refractivity (Wildman–Crippen MR) is 57.1 cm³/mol. The quantitative estimate of drug-likeness (QED) is 0.564. The molecular formula is C10H14N4O2. The highest BCUT2D eigenvalue weighted by atomic mass is 16.5. The second-order valence-electron chi connectivity index (χ2n) is 3.27. The van der Waals surface area contributed by atoms with Crippen LogP contribution in [0, 0.1) is 11.3 Å². The Morgan fingerprint density at radius 1 is 1.62 bits per heavy atom. The molecule has 1 aromatic heterocycles. The van der Waals surface area contributed by atoms with E-state index in [4.69, 9.17) is 15.7 Å². The molecule has 86 valence electrons. The number of aromatic nitrogens is 2. The molecule has 0 bridgehead atoms. The molecular weight excluding hydrogens is 208 g/mol. The van der Waals surface area contributed by atoms with Gasteiger partial charge in [0.05, 0.1) is 12.7 Å². The fourth-order valence-corrected chi connectivity index (χ4v) is 1.14. The molecule has 1 rings (SSSR count). The van der Waals surface area contributed by atoms with Crippen LogP contribution in [0.5, 0.6) is 0 Å². The average Bonchev–Trinajstić information content (AvgIpc) is 2.63. The summed E-state index contributed by atoms with van der Waals surface area (Å²) in [6, 6.07) is 3.64. The number of ether oxygens (including phenoxy) is 1. The molecule has 6 heteroatoms. The van der Waals surface area contributed by atoms with Gasteiger partial charge < -0.3 is 10.5 Å². The van der Waals surface area contributed by atoms with Gasteiger partial charge in [0.15, 0.2) is 0 Å². The molecule has 0 aliphatic rings. The van der Waals surface area contributed by atoms with Gasteiger partial charge in [-0.3, -0.25) is 9.48 Å². The van der Waals surface area contributed by atoms with E-state index < -0.39 is 0 Å². The van der Waals surface area contributed by atoms with Crippen molar-refractivity contribution in [1.29, 1.82) is 5.26 Å². The van der Waals surface area contributed by atoms with Crippen molar-refractivity contribution in [1.82, 2.24) is 9.78 Å². The zero-order chi connectivity index (χ0) is 11.8. The van der Waals surface area contributed by atoms with Crippen LogP contribution in [0.3, 0.4) is 0 Å². The number of nitriles is 1. The molecule has 0 atom stereocenters. The maximum absolute atomic E-state index is 11.3. The highest BCUT2D eigenvalue weighted by Crippen LogP contribution is 1.98. The third-order valence-corrected chi connectivity index (χ3v) is 1.90. The Morgan fingerprint density at radius 3 is 3.06 bits per heavy atom. The molecule has 0 fully saturated rings. The van der Waals surface area contributed by atoms with E-state index in [0.717, 1.165) is 6.42 Å². The molecule has 0 aromatic carbocycles. The fraction of sp³-hybridized carbons (Fsp3) is 0.500. The molecule has 0 spiro atoms. The summed E-state index contributed by atoms with van der Waals surface area (Å²) in [6.45, 7) is 0.409. The average molecular weight is 222 g/mol. The molecule has 0 amide bonds. The first kappa shape index (κ1) is 12.0. The lowest BCUT2D eigenvalue weighted by atomic mass is 10.3. The zero-order valence-corrected chi connectivity index (χ0v) is 8.93. The van der Waals surface area contributed by atoms with Crippen LogP contribution in [0.1, 0.15) is 19.3 Å². The van der Waals surface area contributed by atoms with Gasteiger partial charge in [0.2, 0.25) is 0 Å². The lowest BCUT2D eigenvalue weighted by Crippen LogP contribution is -2.14. The van der Waals surface area contributed by atoms with E-state index in [1.54, 1.807) is 12.3 Å². The van der Waals surface area contributed by atoms with E-state index in [1.807, 2.05) is 6.07 Å². The van der Waals surface area contributed by atoms with Gasteiger partial charge in [-0.15, -0.1) is 0 Å². The number of hydrogen-bond donors (Lipinski definition) is 1. The Labute approximate surface area is 93.6 Å². The summed E-state index contributed by atoms with van der Waals surface area (Å²) >= 11 is 0. The largest absolute Gasteiger partial charge is 0.464 e. The Bertz CT molecular complexity index is 380. The molecule has 0 aliphatic heterocycles. The van der Waals surface area contributed by atoms with Gasteiger partial charge in [-0.25, -0.2) is 0 Å². The van der Waals surface area contributed by atoms with Gasteiger partial charge in [0.25, 0.3) is 0 Å². The Morgan fingerprint density at radius 2 is 2.44 bits per heavy atom. The normalized spacial score (nSPS) is 9.69. The van der Waals surface area contributed by atoms with E-state index in [1.165, 1.54) is 4.68 Å². The van der Waals surface area contributed by atoms with Gasteiger partial charge >= 0.3 is 5.97 Å². The fourth-order valence-electron chi connectivity index (χ4n) is 1.14. The van der Waals surface area contributed by atoms with Crippen LogP contribution in [0.2, 0.25) is 0 Å². The van der Waals surface area contributed by atoms with Crippen molar-refractivity contribution in [2.45, 2.75) is 25.8 Å². The predicted octanol–water partition coefficient (Wildman–Crippen LogP) is 0.702. The van der Waals surface area contributed by atoms with Crippen LogP contribution in [0.4, 0.5) is 5.82 Å². The summed E-state index contributed by atoms with van der Waals surface area (Å²) in [6.07, 6.45) is 3.57. The molecule has 16 heavy (non-hydrogen) atoms. The second-order valence-corrected chi connectivity index (χ2v) is 3.27. The zero-order valence-electron chi connectivity index (χ0n) is 8.93. The van der Waals surface area contributed by atoms with Crippen LogP contribution in [0.25, 0.3) is 0 Å². The Hall–Kier alpha value is -2.03. The maximum atomic E-state index is 11.3. The summed E-state index contributed by atoms with van der Waals surface area (Å²) in [5, 5.41) is 12.1. The van der Waals surface area contributed by atoms with E-state index in [0.29, 0.717) is 25.3 Å². The monoisotopic (exact) mass is 222 g/mol. The highest BCUT2D eigenvalue weighted by Gasteiger charge is 2.04. The van der Waals surface area contributed by atoms with E-state index >= 15 is 0 Å². The number of anilines is 1. The number of esters is 1. The summed E-state index contributed by atoms with van der Waals surface area (Å²) in [7, 11) is 0. The molecule has 0 saturated heterocycles. The molecule has 0 unspecified atom stereocenters. The highest BCUT2D eigenvalue weighted by molar-refractivity contribution is 5.69. The van der Waals surface area contributed by atoms with E-state index in [-0.39, 0.29) is 12.5 Å². The number of nitrogen functional groups attached to an aromatic ring is 1. The summed E-state index contributed by atoms with van der Waals surface area (Å²) in [5.74, 6) is 0.0295. The molecule has 2 N–H and O–H groups in total. The Kier molecular flexibility index (Phi) is 4.86. The molecule has 1 aromatic rings. The number of unbranched alkanes of at least 4 members (excludes halogenated alkanes) is 2. The third kappa shape index (κ3) is 4.46. The van der Waals surface area contributed by atoms with Crippen molar-refractivity contribution in [3.05, 3.63) is 12.3 Å². The van der Waals surface area contributed by atoms with Crippen molar-refractivity contribution in [3.63, 3.8) is 0 Å². The van der Waals surface area contributed by atoms with Crippen LogP contribution in [-0.2, 0) is 16.1 Å². The molecule has 0 aliphatic carbocycles. The topological polar surface area (TPSA) is 93.9 Å². The van der Waals surface area contributed by atoms with Crippen molar-refractivity contribution in [3.8, 4) is 6.07 Å². The standard InChI is InChI=1S/C10H14N4O2/c11-5-2-1-3-7-16-10(15)8-14-6-4-9(12)13-14/h4,6H,1-3,7-8H2,(H2,12,13). The minimum Gasteiger partial charge on any atom is -0.464 e. The van der Waals surface area contributed by atoms with Gasteiger partial charge in [-0.1, -0.05) is 0 Å². The number of hydrogen-bond acceptors (Lipinski definition) is 5. The van der Waals surface area contributed by atoms with Gasteiger partial charge in [0, 0.05) is 12.6 Å². The first-order chi connectivity index (χ1) is 7.72. The van der Waals surface area contributed by atoms with Gasteiger partial charge in [-0.2, -0.15) is 10.4 Å². The number of nitrogens with two attached hydrogens (primary N) is 1. The summed E-state index contributed by atoms with van der Waals surface area (Å²) in [4.78, 5) is 11.3. The summed E-state index contributed by atoms with van der Waals surface area (Å²) in [5.41, 5.74) is 5.39. The van der Waals surface area contributed by atoms with Gasteiger partial charge in [0.1, 0.15) is 12.4 Å². The molecule has 0 radical (unpaired) electrons. The van der Waals surface area contributed by atoms with Gasteiger partial charge in [-0.05, 0) is 18.9 Å². The first-order valence-corrected chi connectivity index (χ1v) is 5.04. The molecule has 1 heterocycles. The van der Waals surface area contributed by atoms with E-state index in [9.17, 15) is 4.79 Å².